The number of benzene rings is 2. The molecule has 0 saturated carbocycles. The molecule has 0 saturated heterocycles. The molecule has 3 aromatic rings. The minimum absolute atomic E-state index is 0.00614. The summed E-state index contributed by atoms with van der Waals surface area (Å²) >= 11 is 5.44. The molecule has 0 aliphatic rings. The second kappa shape index (κ2) is 7.41. The van der Waals surface area contributed by atoms with E-state index in [4.69, 9.17) is 11.6 Å². The largest absolute Gasteiger partial charge is 0.236 e. The molecule has 0 bridgehead atoms. The Kier molecular flexibility index (Phi) is 5.23. The molecule has 1 heterocycles. The van der Waals surface area contributed by atoms with E-state index in [-0.39, 0.29) is 22.5 Å². The Labute approximate surface area is 152 Å². The van der Waals surface area contributed by atoms with Crippen LogP contribution in [0.15, 0.2) is 36.7 Å². The van der Waals surface area contributed by atoms with E-state index in [1.807, 2.05) is 6.92 Å². The Morgan fingerprint density at radius 3 is 1.85 bits per heavy atom. The third kappa shape index (κ3) is 3.55. The topological polar surface area (TPSA) is 25.8 Å². The van der Waals surface area contributed by atoms with Crippen LogP contribution in [0.3, 0.4) is 0 Å². The average Bonchev–Trinajstić information content (AvgIpc) is 2.59. The molecule has 0 spiro atoms. The van der Waals surface area contributed by atoms with Crippen LogP contribution in [0, 0.1) is 23.3 Å². The van der Waals surface area contributed by atoms with E-state index in [1.165, 1.54) is 24.5 Å². The van der Waals surface area contributed by atoms with Gasteiger partial charge < -0.3 is 0 Å². The monoisotopic (exact) mass is 380 g/mol. The molecule has 0 radical (unpaired) electrons. The van der Waals surface area contributed by atoms with E-state index in [9.17, 15) is 17.6 Å². The van der Waals surface area contributed by atoms with E-state index in [0.717, 1.165) is 18.6 Å². The lowest BCUT2D eigenvalue weighted by molar-refractivity contribution is 0.584. The number of halogens is 5. The van der Waals surface area contributed by atoms with Crippen LogP contribution in [0.25, 0.3) is 22.5 Å². The zero-order chi connectivity index (χ0) is 18.8. The van der Waals surface area contributed by atoms with Crippen LogP contribution in [0.5, 0.6) is 0 Å². The third-order valence-electron chi connectivity index (χ3n) is 3.82. The van der Waals surface area contributed by atoms with Gasteiger partial charge in [-0.15, -0.1) is 0 Å². The van der Waals surface area contributed by atoms with Gasteiger partial charge in [0.15, 0.2) is 5.82 Å². The van der Waals surface area contributed by atoms with Gasteiger partial charge in [0.1, 0.15) is 28.3 Å². The standard InChI is InChI=1S/C19H13ClF4N2/c1-2-3-10-4-13(21)17(14(22)5-10)12-8-25-19(26-9-12)11-6-15(23)18(20)16(24)7-11/h4-9H,2-3H2,1H3. The smallest absolute Gasteiger partial charge is 0.159 e. The minimum Gasteiger partial charge on any atom is -0.236 e. The molecule has 0 N–H and O–H groups in total. The molecule has 134 valence electrons. The van der Waals surface area contributed by atoms with Crippen molar-refractivity contribution in [2.75, 3.05) is 0 Å². The van der Waals surface area contributed by atoms with Gasteiger partial charge in [0.25, 0.3) is 0 Å². The number of rotatable bonds is 4. The van der Waals surface area contributed by atoms with Crippen molar-refractivity contribution in [3.63, 3.8) is 0 Å². The highest BCUT2D eigenvalue weighted by atomic mass is 35.5. The van der Waals surface area contributed by atoms with E-state index in [2.05, 4.69) is 9.97 Å². The van der Waals surface area contributed by atoms with Gasteiger partial charge in [-0.05, 0) is 36.2 Å². The van der Waals surface area contributed by atoms with Gasteiger partial charge in [0, 0.05) is 23.5 Å². The number of nitrogens with zero attached hydrogens (tertiary/aromatic N) is 2. The van der Waals surface area contributed by atoms with Gasteiger partial charge in [0.2, 0.25) is 0 Å². The number of hydrogen-bond acceptors (Lipinski definition) is 2. The van der Waals surface area contributed by atoms with E-state index in [0.29, 0.717) is 12.0 Å². The van der Waals surface area contributed by atoms with Crippen molar-refractivity contribution in [3.8, 4) is 22.5 Å². The van der Waals surface area contributed by atoms with Gasteiger partial charge in [-0.25, -0.2) is 27.5 Å². The van der Waals surface area contributed by atoms with Crippen LogP contribution in [0.4, 0.5) is 17.6 Å². The van der Waals surface area contributed by atoms with E-state index >= 15 is 0 Å². The molecule has 2 aromatic carbocycles. The van der Waals surface area contributed by atoms with Gasteiger partial charge in [-0.3, -0.25) is 0 Å². The Balaban J connectivity index is 1.98. The summed E-state index contributed by atoms with van der Waals surface area (Å²) in [7, 11) is 0. The lowest BCUT2D eigenvalue weighted by atomic mass is 10.0. The predicted molar refractivity (Wildman–Crippen MR) is 91.7 cm³/mol. The fraction of sp³-hybridized carbons (Fsp3) is 0.158. The summed E-state index contributed by atoms with van der Waals surface area (Å²) < 4.78 is 55.7. The Morgan fingerprint density at radius 2 is 1.35 bits per heavy atom. The second-order valence-electron chi connectivity index (χ2n) is 5.73. The Bertz CT molecular complexity index is 912. The quantitative estimate of drug-likeness (QED) is 0.411. The van der Waals surface area contributed by atoms with Crippen molar-refractivity contribution >= 4 is 11.6 Å². The molecule has 0 unspecified atom stereocenters. The van der Waals surface area contributed by atoms with Crippen molar-refractivity contribution in [3.05, 3.63) is 70.5 Å². The number of hydrogen-bond donors (Lipinski definition) is 0. The summed E-state index contributed by atoms with van der Waals surface area (Å²) in [6.07, 6.45) is 3.74. The molecule has 0 aliphatic heterocycles. The van der Waals surface area contributed by atoms with Crippen molar-refractivity contribution in [1.29, 1.82) is 0 Å². The van der Waals surface area contributed by atoms with Crippen molar-refractivity contribution in [1.82, 2.24) is 9.97 Å². The fourth-order valence-corrected chi connectivity index (χ4v) is 2.73. The number of aromatic nitrogens is 2. The highest BCUT2D eigenvalue weighted by molar-refractivity contribution is 6.30. The van der Waals surface area contributed by atoms with Crippen LogP contribution in [-0.4, -0.2) is 9.97 Å². The van der Waals surface area contributed by atoms with Crippen LogP contribution in [-0.2, 0) is 6.42 Å². The molecule has 26 heavy (non-hydrogen) atoms. The highest BCUT2D eigenvalue weighted by Crippen LogP contribution is 2.29. The minimum atomic E-state index is -0.946. The first-order valence-corrected chi connectivity index (χ1v) is 8.23. The molecule has 7 heteroatoms. The highest BCUT2D eigenvalue weighted by Gasteiger charge is 2.16. The van der Waals surface area contributed by atoms with Crippen molar-refractivity contribution < 1.29 is 17.6 Å². The average molecular weight is 381 g/mol. The van der Waals surface area contributed by atoms with Crippen LogP contribution >= 0.6 is 11.6 Å². The predicted octanol–water partition coefficient (Wildman–Crippen LogP) is 5.97. The molecular formula is C19H13ClF4N2. The van der Waals surface area contributed by atoms with E-state index in [1.54, 1.807) is 0 Å². The molecule has 0 fully saturated rings. The lowest BCUT2D eigenvalue weighted by Crippen LogP contribution is -1.97. The summed E-state index contributed by atoms with van der Waals surface area (Å²) in [5.74, 6) is -3.32. The summed E-state index contributed by atoms with van der Waals surface area (Å²) in [4.78, 5) is 7.91. The first-order valence-electron chi connectivity index (χ1n) is 7.86. The molecule has 3 rings (SSSR count). The van der Waals surface area contributed by atoms with Crippen molar-refractivity contribution in [2.45, 2.75) is 19.8 Å². The van der Waals surface area contributed by atoms with Crippen LogP contribution in [0.2, 0.25) is 5.02 Å². The zero-order valence-electron chi connectivity index (χ0n) is 13.7. The zero-order valence-corrected chi connectivity index (χ0v) is 14.4. The fourth-order valence-electron chi connectivity index (χ4n) is 2.63. The summed E-state index contributed by atoms with van der Waals surface area (Å²) in [5, 5.41) is -0.623. The molecule has 0 atom stereocenters. The third-order valence-corrected chi connectivity index (χ3v) is 4.18. The molecular weight excluding hydrogens is 368 g/mol. The second-order valence-corrected chi connectivity index (χ2v) is 6.11. The summed E-state index contributed by atoms with van der Waals surface area (Å²) in [6, 6.07) is 4.53. The summed E-state index contributed by atoms with van der Waals surface area (Å²) in [6.45, 7) is 1.92. The molecule has 0 aliphatic carbocycles. The maximum absolute atomic E-state index is 14.3. The first kappa shape index (κ1) is 18.3. The Morgan fingerprint density at radius 1 is 0.808 bits per heavy atom. The van der Waals surface area contributed by atoms with Crippen LogP contribution in [0.1, 0.15) is 18.9 Å². The van der Waals surface area contributed by atoms with Crippen molar-refractivity contribution in [2.24, 2.45) is 0 Å². The molecule has 2 nitrogen and oxygen atoms in total. The SMILES string of the molecule is CCCc1cc(F)c(-c2cnc(-c3cc(F)c(Cl)c(F)c3)nc2)c(F)c1. The van der Waals surface area contributed by atoms with Gasteiger partial charge >= 0.3 is 0 Å². The van der Waals surface area contributed by atoms with Crippen LogP contribution < -0.4 is 0 Å². The lowest BCUT2D eigenvalue weighted by Gasteiger charge is -2.08. The first-order chi connectivity index (χ1) is 12.4. The molecule has 1 aromatic heterocycles. The maximum atomic E-state index is 14.3. The van der Waals surface area contributed by atoms with Gasteiger partial charge in [-0.1, -0.05) is 24.9 Å². The summed E-state index contributed by atoms with van der Waals surface area (Å²) in [5.41, 5.74) is 0.512. The maximum Gasteiger partial charge on any atom is 0.159 e. The van der Waals surface area contributed by atoms with Gasteiger partial charge in [0.05, 0.1) is 5.56 Å². The normalized spacial score (nSPS) is 11.0. The van der Waals surface area contributed by atoms with E-state index < -0.39 is 28.3 Å². The number of aryl methyl sites for hydroxylation is 1. The molecule has 0 amide bonds. The Hall–Kier alpha value is -2.47. The van der Waals surface area contributed by atoms with Gasteiger partial charge in [-0.2, -0.15) is 0 Å².